The molecule has 1 aliphatic heterocycles. The van der Waals surface area contributed by atoms with E-state index in [0.717, 1.165) is 10.2 Å². The van der Waals surface area contributed by atoms with Crippen molar-refractivity contribution in [3.63, 3.8) is 0 Å². The second-order valence-corrected chi connectivity index (χ2v) is 7.13. The normalized spacial score (nSPS) is 17.0. The number of methoxy groups -OCH3 is 1. The molecule has 1 aliphatic rings. The Bertz CT molecular complexity index is 952. The van der Waals surface area contributed by atoms with Crippen LogP contribution < -0.4 is 10.2 Å². The van der Waals surface area contributed by atoms with Gasteiger partial charge in [0.2, 0.25) is 17.7 Å². The summed E-state index contributed by atoms with van der Waals surface area (Å²) in [5.74, 6) is -0.0544. The number of nitrogens with one attached hydrogen (secondary N) is 1. The summed E-state index contributed by atoms with van der Waals surface area (Å²) >= 11 is 1.45. The van der Waals surface area contributed by atoms with E-state index in [2.05, 4.69) is 20.4 Å². The second-order valence-electron chi connectivity index (χ2n) is 6.12. The van der Waals surface area contributed by atoms with E-state index in [1.165, 1.54) is 18.4 Å². The number of amides is 2. The van der Waals surface area contributed by atoms with Gasteiger partial charge in [-0.2, -0.15) is 4.98 Å². The first-order valence-corrected chi connectivity index (χ1v) is 9.19. The first kappa shape index (κ1) is 17.6. The average Bonchev–Trinajstić information content (AvgIpc) is 3.37. The van der Waals surface area contributed by atoms with Gasteiger partial charge in [0.05, 0.1) is 22.7 Å². The molecule has 0 bridgehead atoms. The highest BCUT2D eigenvalue weighted by atomic mass is 32.1. The first-order valence-electron chi connectivity index (χ1n) is 8.38. The van der Waals surface area contributed by atoms with Crippen LogP contribution in [0.3, 0.4) is 0 Å². The SMILES string of the molecule is COCc1noc(CNC(=O)C2CC(=O)N(c3nc4ccccc4s3)C2)n1. The lowest BCUT2D eigenvalue weighted by Crippen LogP contribution is -2.32. The number of nitrogens with zero attached hydrogens (tertiary/aromatic N) is 4. The standard InChI is InChI=1S/C17H17N5O4S/c1-25-9-13-20-14(26-21-13)7-18-16(24)10-6-15(23)22(8-10)17-19-11-4-2-3-5-12(11)27-17/h2-5,10H,6-9H2,1H3,(H,18,24). The number of rotatable bonds is 6. The summed E-state index contributed by atoms with van der Waals surface area (Å²) < 4.78 is 11.0. The van der Waals surface area contributed by atoms with Gasteiger partial charge < -0.3 is 14.6 Å². The van der Waals surface area contributed by atoms with Gasteiger partial charge >= 0.3 is 0 Å². The van der Waals surface area contributed by atoms with E-state index in [1.54, 1.807) is 4.90 Å². The van der Waals surface area contributed by atoms with Gasteiger partial charge in [-0.25, -0.2) is 4.98 Å². The van der Waals surface area contributed by atoms with Crippen LogP contribution in [0.5, 0.6) is 0 Å². The van der Waals surface area contributed by atoms with Crippen LogP contribution in [0.25, 0.3) is 10.2 Å². The molecule has 0 spiro atoms. The van der Waals surface area contributed by atoms with E-state index >= 15 is 0 Å². The number of para-hydroxylation sites is 1. The fourth-order valence-electron chi connectivity index (χ4n) is 2.90. The predicted octanol–water partition coefficient (Wildman–Crippen LogP) is 1.49. The van der Waals surface area contributed by atoms with Crippen LogP contribution in [-0.2, 0) is 27.5 Å². The topological polar surface area (TPSA) is 110 Å². The summed E-state index contributed by atoms with van der Waals surface area (Å²) in [6, 6.07) is 7.71. The zero-order valence-electron chi connectivity index (χ0n) is 14.5. The van der Waals surface area contributed by atoms with Crippen molar-refractivity contribution in [3.8, 4) is 0 Å². The predicted molar refractivity (Wildman–Crippen MR) is 96.9 cm³/mol. The minimum Gasteiger partial charge on any atom is -0.377 e. The Morgan fingerprint density at radius 1 is 1.41 bits per heavy atom. The summed E-state index contributed by atoms with van der Waals surface area (Å²) in [7, 11) is 1.53. The Balaban J connectivity index is 1.38. The van der Waals surface area contributed by atoms with Crippen LogP contribution in [0.2, 0.25) is 0 Å². The Morgan fingerprint density at radius 3 is 3.07 bits per heavy atom. The minimum absolute atomic E-state index is 0.102. The molecule has 4 rings (SSSR count). The molecule has 1 atom stereocenters. The third-order valence-corrected chi connectivity index (χ3v) is 5.27. The molecule has 2 amide bonds. The molecule has 1 saturated heterocycles. The largest absolute Gasteiger partial charge is 0.377 e. The van der Waals surface area contributed by atoms with Crippen LogP contribution in [-0.4, -0.2) is 40.6 Å². The Kier molecular flexibility index (Phi) is 4.82. The second kappa shape index (κ2) is 7.41. The van der Waals surface area contributed by atoms with Crippen LogP contribution in [0.15, 0.2) is 28.8 Å². The number of carbonyl (C=O) groups excluding carboxylic acids is 2. The van der Waals surface area contributed by atoms with Crippen LogP contribution in [0.4, 0.5) is 5.13 Å². The van der Waals surface area contributed by atoms with Crippen molar-refractivity contribution in [2.45, 2.75) is 19.6 Å². The highest BCUT2D eigenvalue weighted by Crippen LogP contribution is 2.32. The number of fused-ring (bicyclic) bond motifs is 1. The van der Waals surface area contributed by atoms with E-state index in [4.69, 9.17) is 9.26 Å². The molecule has 9 nitrogen and oxygen atoms in total. The average molecular weight is 387 g/mol. The quantitative estimate of drug-likeness (QED) is 0.682. The van der Waals surface area contributed by atoms with Gasteiger partial charge in [0.15, 0.2) is 11.0 Å². The molecule has 3 heterocycles. The first-order chi connectivity index (χ1) is 13.1. The van der Waals surface area contributed by atoms with Crippen molar-refractivity contribution in [1.82, 2.24) is 20.4 Å². The third-order valence-electron chi connectivity index (χ3n) is 4.21. The number of ether oxygens (including phenoxy) is 1. The van der Waals surface area contributed by atoms with E-state index in [-0.39, 0.29) is 31.4 Å². The van der Waals surface area contributed by atoms with E-state index in [9.17, 15) is 9.59 Å². The van der Waals surface area contributed by atoms with Crippen LogP contribution in [0, 0.1) is 5.92 Å². The van der Waals surface area contributed by atoms with Crippen molar-refractivity contribution in [1.29, 1.82) is 0 Å². The number of hydrogen-bond donors (Lipinski definition) is 1. The minimum atomic E-state index is -0.439. The summed E-state index contributed by atoms with van der Waals surface area (Å²) in [6.45, 7) is 0.663. The Labute approximate surface area is 158 Å². The van der Waals surface area contributed by atoms with Crippen molar-refractivity contribution < 1.29 is 18.8 Å². The highest BCUT2D eigenvalue weighted by Gasteiger charge is 2.36. The third kappa shape index (κ3) is 3.67. The summed E-state index contributed by atoms with van der Waals surface area (Å²) in [4.78, 5) is 35.0. The Morgan fingerprint density at radius 2 is 2.26 bits per heavy atom. The molecular formula is C17H17N5O4S. The molecule has 10 heteroatoms. The summed E-state index contributed by atoms with van der Waals surface area (Å²) in [5.41, 5.74) is 0.849. The number of carbonyl (C=O) groups is 2. The fraction of sp³-hybridized carbons (Fsp3) is 0.353. The monoisotopic (exact) mass is 387 g/mol. The van der Waals surface area contributed by atoms with Gasteiger partial charge in [0.25, 0.3) is 0 Å². The van der Waals surface area contributed by atoms with Crippen molar-refractivity contribution >= 4 is 38.5 Å². The molecule has 0 saturated carbocycles. The maximum absolute atomic E-state index is 12.4. The van der Waals surface area contributed by atoms with Crippen LogP contribution in [0.1, 0.15) is 18.1 Å². The molecule has 1 fully saturated rings. The summed E-state index contributed by atoms with van der Waals surface area (Å²) in [6.07, 6.45) is 0.153. The molecule has 2 aromatic heterocycles. The van der Waals surface area contributed by atoms with Gasteiger partial charge in [0.1, 0.15) is 6.61 Å². The maximum Gasteiger partial charge on any atom is 0.246 e. The molecule has 0 radical (unpaired) electrons. The summed E-state index contributed by atoms with van der Waals surface area (Å²) in [5, 5.41) is 7.10. The van der Waals surface area contributed by atoms with Gasteiger partial charge in [0, 0.05) is 20.1 Å². The van der Waals surface area contributed by atoms with Gasteiger partial charge in [-0.05, 0) is 12.1 Å². The molecule has 1 aromatic carbocycles. The molecule has 27 heavy (non-hydrogen) atoms. The van der Waals surface area contributed by atoms with Crippen molar-refractivity contribution in [3.05, 3.63) is 36.0 Å². The number of thiazole rings is 1. The number of benzene rings is 1. The lowest BCUT2D eigenvalue weighted by molar-refractivity contribution is -0.126. The molecule has 1 unspecified atom stereocenters. The zero-order chi connectivity index (χ0) is 18.8. The lowest BCUT2D eigenvalue weighted by atomic mass is 10.1. The maximum atomic E-state index is 12.4. The fourth-order valence-corrected chi connectivity index (χ4v) is 3.89. The van der Waals surface area contributed by atoms with Crippen molar-refractivity contribution in [2.75, 3.05) is 18.6 Å². The number of anilines is 1. The molecule has 0 aliphatic carbocycles. The highest BCUT2D eigenvalue weighted by molar-refractivity contribution is 7.22. The molecule has 1 N–H and O–H groups in total. The van der Waals surface area contributed by atoms with Gasteiger partial charge in [-0.15, -0.1) is 0 Å². The molecular weight excluding hydrogens is 370 g/mol. The van der Waals surface area contributed by atoms with Crippen molar-refractivity contribution in [2.24, 2.45) is 5.92 Å². The van der Waals surface area contributed by atoms with E-state index < -0.39 is 5.92 Å². The van der Waals surface area contributed by atoms with Gasteiger partial charge in [-0.1, -0.05) is 28.6 Å². The van der Waals surface area contributed by atoms with Gasteiger partial charge in [-0.3, -0.25) is 14.5 Å². The van der Waals surface area contributed by atoms with Crippen LogP contribution >= 0.6 is 11.3 Å². The Hall–Kier alpha value is -2.85. The smallest absolute Gasteiger partial charge is 0.246 e. The zero-order valence-corrected chi connectivity index (χ0v) is 15.4. The van der Waals surface area contributed by atoms with E-state index in [0.29, 0.717) is 23.4 Å². The number of hydrogen-bond acceptors (Lipinski definition) is 8. The number of aromatic nitrogens is 3. The lowest BCUT2D eigenvalue weighted by Gasteiger charge is -2.12. The molecule has 140 valence electrons. The molecule has 3 aromatic rings. The van der Waals surface area contributed by atoms with E-state index in [1.807, 2.05) is 24.3 Å².